The average Bonchev–Trinajstić information content (AvgIpc) is 3.15. The second-order valence-corrected chi connectivity index (χ2v) is 7.36. The van der Waals surface area contributed by atoms with Gasteiger partial charge in [-0.3, -0.25) is 18.7 Å². The highest BCUT2D eigenvalue weighted by Gasteiger charge is 2.30. The summed E-state index contributed by atoms with van der Waals surface area (Å²) in [7, 11) is 0. The Hall–Kier alpha value is -2.88. The van der Waals surface area contributed by atoms with Crippen molar-refractivity contribution >= 4 is 33.1 Å². The molecular weight excluding hydrogens is 407 g/mol. The van der Waals surface area contributed by atoms with Crippen molar-refractivity contribution in [2.24, 2.45) is 0 Å². The molecule has 0 fully saturated rings. The standard InChI is InChI=1S/C19H18F3N3O3S/c1-2-3-8-24-17(27)16-14(7-9-29-16)25(18(24)28)11-15(26)23-13-6-4-5-12(10-13)19(20,21)22/h4-7,9-10H,2-3,8,11H2,1H3,(H,23,26). The maximum absolute atomic E-state index is 12.8. The summed E-state index contributed by atoms with van der Waals surface area (Å²) < 4.78 is 41.1. The maximum Gasteiger partial charge on any atom is 0.416 e. The van der Waals surface area contributed by atoms with Crippen LogP contribution in [0.1, 0.15) is 25.3 Å². The Bertz CT molecular complexity index is 1160. The average molecular weight is 425 g/mol. The second kappa shape index (κ2) is 8.24. The SMILES string of the molecule is CCCCn1c(=O)c2sccc2n(CC(=O)Nc2cccc(C(F)(F)F)c2)c1=O. The first-order chi connectivity index (χ1) is 13.7. The lowest BCUT2D eigenvalue weighted by Gasteiger charge is -2.13. The molecule has 0 atom stereocenters. The van der Waals surface area contributed by atoms with Crippen LogP contribution in [0, 0.1) is 0 Å². The van der Waals surface area contributed by atoms with Crippen molar-refractivity contribution in [1.29, 1.82) is 0 Å². The van der Waals surface area contributed by atoms with Gasteiger partial charge in [0, 0.05) is 12.2 Å². The third-order valence-electron chi connectivity index (χ3n) is 4.35. The molecule has 10 heteroatoms. The smallest absolute Gasteiger partial charge is 0.325 e. The van der Waals surface area contributed by atoms with Crippen molar-refractivity contribution in [3.05, 3.63) is 62.1 Å². The second-order valence-electron chi connectivity index (χ2n) is 6.44. The molecule has 0 spiro atoms. The zero-order chi connectivity index (χ0) is 21.2. The molecular formula is C19H18F3N3O3S. The molecule has 0 unspecified atom stereocenters. The number of rotatable bonds is 6. The van der Waals surface area contributed by atoms with Crippen LogP contribution in [0.15, 0.2) is 45.3 Å². The fraction of sp³-hybridized carbons (Fsp3) is 0.316. The Morgan fingerprint density at radius 1 is 1.17 bits per heavy atom. The highest BCUT2D eigenvalue weighted by Crippen LogP contribution is 2.30. The number of halogens is 3. The van der Waals surface area contributed by atoms with Gasteiger partial charge in [-0.05, 0) is 36.1 Å². The highest BCUT2D eigenvalue weighted by molar-refractivity contribution is 7.17. The molecule has 154 valence electrons. The molecule has 0 aliphatic carbocycles. The summed E-state index contributed by atoms with van der Waals surface area (Å²) in [5.74, 6) is -0.667. The summed E-state index contributed by atoms with van der Waals surface area (Å²) >= 11 is 1.17. The van der Waals surface area contributed by atoms with Crippen LogP contribution >= 0.6 is 11.3 Å². The van der Waals surface area contributed by atoms with Crippen molar-refractivity contribution in [1.82, 2.24) is 9.13 Å². The molecule has 0 saturated carbocycles. The van der Waals surface area contributed by atoms with Crippen LogP contribution in [0.25, 0.3) is 10.2 Å². The third kappa shape index (κ3) is 4.42. The number of carbonyl (C=O) groups excluding carboxylic acids is 1. The molecule has 1 amide bonds. The molecule has 0 aliphatic heterocycles. The van der Waals surface area contributed by atoms with E-state index in [-0.39, 0.29) is 12.2 Å². The molecule has 0 aliphatic rings. The van der Waals surface area contributed by atoms with Crippen LogP contribution in [0.3, 0.4) is 0 Å². The lowest BCUT2D eigenvalue weighted by Crippen LogP contribution is -2.41. The Labute approximate surface area is 167 Å². The molecule has 1 N–H and O–H groups in total. The summed E-state index contributed by atoms with van der Waals surface area (Å²) in [5, 5.41) is 4.03. The molecule has 2 heterocycles. The van der Waals surface area contributed by atoms with E-state index in [2.05, 4.69) is 5.32 Å². The number of nitrogens with zero attached hydrogens (tertiary/aromatic N) is 2. The van der Waals surface area contributed by atoms with E-state index in [1.807, 2.05) is 6.92 Å². The molecule has 2 aromatic heterocycles. The van der Waals surface area contributed by atoms with Gasteiger partial charge in [0.2, 0.25) is 5.91 Å². The minimum Gasteiger partial charge on any atom is -0.325 e. The van der Waals surface area contributed by atoms with Gasteiger partial charge in [-0.1, -0.05) is 19.4 Å². The largest absolute Gasteiger partial charge is 0.416 e. The van der Waals surface area contributed by atoms with Crippen LogP contribution < -0.4 is 16.6 Å². The number of anilines is 1. The Kier molecular flexibility index (Phi) is 5.92. The Balaban J connectivity index is 1.92. The van der Waals surface area contributed by atoms with Crippen LogP contribution in [-0.4, -0.2) is 15.0 Å². The predicted molar refractivity (Wildman–Crippen MR) is 105 cm³/mol. The normalized spacial score (nSPS) is 11.7. The van der Waals surface area contributed by atoms with E-state index in [1.54, 1.807) is 11.4 Å². The highest BCUT2D eigenvalue weighted by atomic mass is 32.1. The van der Waals surface area contributed by atoms with Crippen molar-refractivity contribution < 1.29 is 18.0 Å². The summed E-state index contributed by atoms with van der Waals surface area (Å²) in [4.78, 5) is 37.7. The fourth-order valence-corrected chi connectivity index (χ4v) is 3.76. The van der Waals surface area contributed by atoms with Gasteiger partial charge in [-0.2, -0.15) is 13.2 Å². The number of aromatic nitrogens is 2. The van der Waals surface area contributed by atoms with E-state index in [1.165, 1.54) is 28.0 Å². The van der Waals surface area contributed by atoms with Crippen LogP contribution in [-0.2, 0) is 24.1 Å². The minimum absolute atomic E-state index is 0.0289. The fourth-order valence-electron chi connectivity index (χ4n) is 2.92. The van der Waals surface area contributed by atoms with Crippen LogP contribution in [0.2, 0.25) is 0 Å². The number of hydrogen-bond acceptors (Lipinski definition) is 4. The molecule has 0 bridgehead atoms. The van der Waals surface area contributed by atoms with E-state index in [0.29, 0.717) is 16.6 Å². The van der Waals surface area contributed by atoms with Gasteiger partial charge in [-0.25, -0.2) is 4.79 Å². The van der Waals surface area contributed by atoms with E-state index in [4.69, 9.17) is 0 Å². The zero-order valence-electron chi connectivity index (χ0n) is 15.5. The van der Waals surface area contributed by atoms with Crippen molar-refractivity contribution in [3.63, 3.8) is 0 Å². The van der Waals surface area contributed by atoms with E-state index in [9.17, 15) is 27.6 Å². The summed E-state index contributed by atoms with van der Waals surface area (Å²) in [5.41, 5.74) is -1.60. The Morgan fingerprint density at radius 2 is 1.93 bits per heavy atom. The first-order valence-corrected chi connectivity index (χ1v) is 9.78. The van der Waals surface area contributed by atoms with Crippen molar-refractivity contribution in [3.8, 4) is 0 Å². The van der Waals surface area contributed by atoms with Crippen molar-refractivity contribution in [2.75, 3.05) is 5.32 Å². The zero-order valence-corrected chi connectivity index (χ0v) is 16.3. The lowest BCUT2D eigenvalue weighted by atomic mass is 10.2. The quantitative estimate of drug-likeness (QED) is 0.655. The molecule has 29 heavy (non-hydrogen) atoms. The van der Waals surface area contributed by atoms with Crippen LogP contribution in [0.5, 0.6) is 0 Å². The van der Waals surface area contributed by atoms with Gasteiger partial charge in [0.05, 0.1) is 11.1 Å². The predicted octanol–water partition coefficient (Wildman–Crippen LogP) is 3.68. The first-order valence-electron chi connectivity index (χ1n) is 8.90. The molecule has 3 rings (SSSR count). The first kappa shape index (κ1) is 20.8. The Morgan fingerprint density at radius 3 is 2.62 bits per heavy atom. The monoisotopic (exact) mass is 425 g/mol. The molecule has 6 nitrogen and oxygen atoms in total. The third-order valence-corrected chi connectivity index (χ3v) is 5.24. The van der Waals surface area contributed by atoms with Gasteiger partial charge in [0.1, 0.15) is 11.2 Å². The molecule has 0 saturated heterocycles. The van der Waals surface area contributed by atoms with Gasteiger partial charge >= 0.3 is 11.9 Å². The summed E-state index contributed by atoms with van der Waals surface area (Å²) in [6.45, 7) is 1.74. The number of unbranched alkanes of at least 4 members (excludes halogenated alkanes) is 1. The lowest BCUT2D eigenvalue weighted by molar-refractivity contribution is -0.137. The number of nitrogens with one attached hydrogen (secondary N) is 1. The number of thiophene rings is 1. The summed E-state index contributed by atoms with van der Waals surface area (Å²) in [6, 6.07) is 5.82. The van der Waals surface area contributed by atoms with Crippen LogP contribution in [0.4, 0.5) is 18.9 Å². The van der Waals surface area contributed by atoms with Gasteiger partial charge in [0.25, 0.3) is 5.56 Å². The summed E-state index contributed by atoms with van der Waals surface area (Å²) in [6.07, 6.45) is -3.12. The topological polar surface area (TPSA) is 73.1 Å². The number of benzene rings is 1. The maximum atomic E-state index is 12.8. The van der Waals surface area contributed by atoms with Gasteiger partial charge in [-0.15, -0.1) is 11.3 Å². The number of carbonyl (C=O) groups is 1. The minimum atomic E-state index is -4.53. The number of alkyl halides is 3. The van der Waals surface area contributed by atoms with E-state index < -0.39 is 35.4 Å². The molecule has 1 aromatic carbocycles. The number of fused-ring (bicyclic) bond motifs is 1. The number of amides is 1. The molecule has 0 radical (unpaired) electrons. The van der Waals surface area contributed by atoms with E-state index >= 15 is 0 Å². The van der Waals surface area contributed by atoms with Gasteiger partial charge in [0.15, 0.2) is 0 Å². The molecule has 3 aromatic rings. The van der Waals surface area contributed by atoms with Gasteiger partial charge < -0.3 is 5.32 Å². The van der Waals surface area contributed by atoms with Crippen molar-refractivity contribution in [2.45, 2.75) is 39.0 Å². The number of hydrogen-bond donors (Lipinski definition) is 1. The van der Waals surface area contributed by atoms with E-state index in [0.717, 1.165) is 23.1 Å².